The number of rotatable bonds is 3. The Morgan fingerprint density at radius 1 is 1.29 bits per heavy atom. The third-order valence-electron chi connectivity index (χ3n) is 4.55. The van der Waals surface area contributed by atoms with Crippen molar-refractivity contribution < 1.29 is 9.53 Å². The van der Waals surface area contributed by atoms with Gasteiger partial charge in [0.25, 0.3) is 0 Å². The lowest BCUT2D eigenvalue weighted by molar-refractivity contribution is 0.0149. The Morgan fingerprint density at radius 2 is 2.00 bits per heavy atom. The second kappa shape index (κ2) is 6.48. The molecule has 1 aromatic rings. The summed E-state index contributed by atoms with van der Waals surface area (Å²) in [6.45, 7) is 1.30. The Labute approximate surface area is 126 Å². The van der Waals surface area contributed by atoms with Crippen LogP contribution < -0.4 is 5.32 Å². The van der Waals surface area contributed by atoms with Crippen molar-refractivity contribution in [1.29, 1.82) is 0 Å². The van der Waals surface area contributed by atoms with Crippen LogP contribution in [0.2, 0.25) is 0 Å². The second-order valence-electron chi connectivity index (χ2n) is 6.22. The Morgan fingerprint density at radius 3 is 2.76 bits per heavy atom. The highest BCUT2D eigenvalue weighted by Gasteiger charge is 2.24. The predicted molar refractivity (Wildman–Crippen MR) is 82.1 cm³/mol. The Balaban J connectivity index is 1.51. The zero-order chi connectivity index (χ0) is 14.7. The molecule has 2 aliphatic rings. The zero-order valence-corrected chi connectivity index (χ0v) is 12.7. The van der Waals surface area contributed by atoms with Gasteiger partial charge in [0.05, 0.1) is 12.7 Å². The summed E-state index contributed by atoms with van der Waals surface area (Å²) in [6.07, 6.45) is 5.69. The van der Waals surface area contributed by atoms with Gasteiger partial charge in [-0.1, -0.05) is 37.1 Å². The Bertz CT molecular complexity index is 497. The van der Waals surface area contributed by atoms with E-state index >= 15 is 0 Å². The lowest BCUT2D eigenvalue weighted by atomic mass is 9.99. The van der Waals surface area contributed by atoms with Crippen molar-refractivity contribution in [3.8, 4) is 0 Å². The SMILES string of the molecule is CN(C[C@@H]1Cc2ccccc2CO1)C(=O)NC1CCCC1. The molecule has 3 rings (SSSR count). The summed E-state index contributed by atoms with van der Waals surface area (Å²) in [5, 5.41) is 3.12. The van der Waals surface area contributed by atoms with Gasteiger partial charge in [-0.3, -0.25) is 0 Å². The van der Waals surface area contributed by atoms with Crippen molar-refractivity contribution in [3.05, 3.63) is 35.4 Å². The van der Waals surface area contributed by atoms with Gasteiger partial charge < -0.3 is 15.0 Å². The zero-order valence-electron chi connectivity index (χ0n) is 12.7. The molecule has 1 atom stereocenters. The largest absolute Gasteiger partial charge is 0.371 e. The van der Waals surface area contributed by atoms with Crippen LogP contribution in [-0.2, 0) is 17.8 Å². The van der Waals surface area contributed by atoms with Gasteiger partial charge in [0.2, 0.25) is 0 Å². The van der Waals surface area contributed by atoms with E-state index in [4.69, 9.17) is 4.74 Å². The number of urea groups is 1. The third kappa shape index (κ3) is 3.56. The molecule has 1 fully saturated rings. The summed E-state index contributed by atoms with van der Waals surface area (Å²) in [6, 6.07) is 8.78. The molecule has 0 aromatic heterocycles. The molecule has 4 nitrogen and oxygen atoms in total. The summed E-state index contributed by atoms with van der Waals surface area (Å²) >= 11 is 0. The van der Waals surface area contributed by atoms with Crippen LogP contribution in [0, 0.1) is 0 Å². The monoisotopic (exact) mass is 288 g/mol. The standard InChI is InChI=1S/C17H24N2O2/c1-19(17(20)18-15-8-4-5-9-15)11-16-10-13-6-2-3-7-14(13)12-21-16/h2-3,6-7,15-16H,4-5,8-12H2,1H3,(H,18,20)/t16-/m0/s1. The summed E-state index contributed by atoms with van der Waals surface area (Å²) < 4.78 is 5.87. The number of hydrogen-bond acceptors (Lipinski definition) is 2. The van der Waals surface area contributed by atoms with Gasteiger partial charge in [-0.15, -0.1) is 0 Å². The fraction of sp³-hybridized carbons (Fsp3) is 0.588. The van der Waals surface area contributed by atoms with Crippen LogP contribution in [-0.4, -0.2) is 36.7 Å². The van der Waals surface area contributed by atoms with E-state index < -0.39 is 0 Å². The normalized spacial score (nSPS) is 21.9. The van der Waals surface area contributed by atoms with Crippen molar-refractivity contribution in [2.45, 2.75) is 50.9 Å². The van der Waals surface area contributed by atoms with Gasteiger partial charge >= 0.3 is 6.03 Å². The maximum Gasteiger partial charge on any atom is 0.317 e. The Hall–Kier alpha value is -1.55. The van der Waals surface area contributed by atoms with Crippen LogP contribution >= 0.6 is 0 Å². The van der Waals surface area contributed by atoms with E-state index in [2.05, 4.69) is 23.5 Å². The molecular weight excluding hydrogens is 264 g/mol. The fourth-order valence-corrected chi connectivity index (χ4v) is 3.27. The number of benzene rings is 1. The number of amides is 2. The summed E-state index contributed by atoms with van der Waals surface area (Å²) in [7, 11) is 1.86. The lowest BCUT2D eigenvalue weighted by Gasteiger charge is -2.29. The van der Waals surface area contributed by atoms with Crippen LogP contribution in [0.15, 0.2) is 24.3 Å². The molecule has 0 saturated heterocycles. The van der Waals surface area contributed by atoms with Gasteiger partial charge in [-0.25, -0.2) is 4.79 Å². The van der Waals surface area contributed by atoms with Crippen LogP contribution in [0.5, 0.6) is 0 Å². The summed E-state index contributed by atoms with van der Waals surface area (Å²) in [4.78, 5) is 13.9. The number of carbonyl (C=O) groups is 1. The van der Waals surface area contributed by atoms with E-state index in [1.54, 1.807) is 4.90 Å². The van der Waals surface area contributed by atoms with Gasteiger partial charge in [-0.05, 0) is 24.0 Å². The minimum atomic E-state index is 0.0318. The average molecular weight is 288 g/mol. The van der Waals surface area contributed by atoms with Gasteiger partial charge in [0.15, 0.2) is 0 Å². The lowest BCUT2D eigenvalue weighted by Crippen LogP contribution is -2.46. The minimum Gasteiger partial charge on any atom is -0.371 e. The van der Waals surface area contributed by atoms with Crippen molar-refractivity contribution in [2.24, 2.45) is 0 Å². The molecule has 0 unspecified atom stereocenters. The molecule has 0 spiro atoms. The van der Waals surface area contributed by atoms with E-state index in [1.807, 2.05) is 13.1 Å². The average Bonchev–Trinajstić information content (AvgIpc) is 3.00. The van der Waals surface area contributed by atoms with E-state index in [9.17, 15) is 4.79 Å². The smallest absolute Gasteiger partial charge is 0.317 e. The van der Waals surface area contributed by atoms with Crippen molar-refractivity contribution in [2.75, 3.05) is 13.6 Å². The fourth-order valence-electron chi connectivity index (χ4n) is 3.27. The minimum absolute atomic E-state index is 0.0318. The quantitative estimate of drug-likeness (QED) is 0.929. The van der Waals surface area contributed by atoms with E-state index in [-0.39, 0.29) is 12.1 Å². The topological polar surface area (TPSA) is 41.6 Å². The first-order chi connectivity index (χ1) is 10.2. The van der Waals surface area contributed by atoms with Gasteiger partial charge in [-0.2, -0.15) is 0 Å². The van der Waals surface area contributed by atoms with Crippen molar-refractivity contribution in [3.63, 3.8) is 0 Å². The van der Waals surface area contributed by atoms with Crippen LogP contribution in [0.25, 0.3) is 0 Å². The maximum absolute atomic E-state index is 12.2. The number of hydrogen-bond donors (Lipinski definition) is 1. The maximum atomic E-state index is 12.2. The molecule has 1 heterocycles. The van der Waals surface area contributed by atoms with Crippen LogP contribution in [0.3, 0.4) is 0 Å². The van der Waals surface area contributed by atoms with Crippen LogP contribution in [0.1, 0.15) is 36.8 Å². The molecule has 1 N–H and O–H groups in total. The number of fused-ring (bicyclic) bond motifs is 1. The molecule has 4 heteroatoms. The van der Waals surface area contributed by atoms with E-state index in [0.717, 1.165) is 19.3 Å². The molecule has 1 aliphatic carbocycles. The highest BCUT2D eigenvalue weighted by atomic mass is 16.5. The Kier molecular flexibility index (Phi) is 4.44. The molecule has 1 saturated carbocycles. The molecule has 2 amide bonds. The van der Waals surface area contributed by atoms with Gasteiger partial charge in [0, 0.05) is 26.1 Å². The number of nitrogens with one attached hydrogen (secondary N) is 1. The molecule has 114 valence electrons. The molecule has 0 bridgehead atoms. The predicted octanol–water partition coefficient (Wildman–Crippen LogP) is 2.71. The third-order valence-corrected chi connectivity index (χ3v) is 4.55. The molecule has 0 radical (unpaired) electrons. The highest BCUT2D eigenvalue weighted by molar-refractivity contribution is 5.74. The highest BCUT2D eigenvalue weighted by Crippen LogP contribution is 2.21. The van der Waals surface area contributed by atoms with Gasteiger partial charge in [0.1, 0.15) is 0 Å². The molecule has 1 aromatic carbocycles. The molecule has 21 heavy (non-hydrogen) atoms. The second-order valence-corrected chi connectivity index (χ2v) is 6.22. The number of ether oxygens (including phenoxy) is 1. The summed E-state index contributed by atoms with van der Waals surface area (Å²) in [5.41, 5.74) is 2.62. The number of nitrogens with zero attached hydrogens (tertiary/aromatic N) is 1. The first-order valence-corrected chi connectivity index (χ1v) is 7.92. The van der Waals surface area contributed by atoms with Crippen molar-refractivity contribution >= 4 is 6.03 Å². The first kappa shape index (κ1) is 14.4. The number of likely N-dealkylation sites (N-methyl/N-ethyl adjacent to an activating group) is 1. The number of carbonyl (C=O) groups excluding carboxylic acids is 1. The van der Waals surface area contributed by atoms with E-state index in [0.29, 0.717) is 19.2 Å². The van der Waals surface area contributed by atoms with Crippen LogP contribution in [0.4, 0.5) is 4.79 Å². The summed E-state index contributed by atoms with van der Waals surface area (Å²) in [5.74, 6) is 0. The van der Waals surface area contributed by atoms with E-state index in [1.165, 1.54) is 24.0 Å². The first-order valence-electron chi connectivity index (χ1n) is 7.92. The molecular formula is C17H24N2O2. The van der Waals surface area contributed by atoms with Crippen molar-refractivity contribution in [1.82, 2.24) is 10.2 Å². The molecule has 1 aliphatic heterocycles.